The Kier molecular flexibility index (Phi) is 9.21. The van der Waals surface area contributed by atoms with E-state index >= 15 is 0 Å². The van der Waals surface area contributed by atoms with Gasteiger partial charge in [0.2, 0.25) is 0 Å². The van der Waals surface area contributed by atoms with Crippen molar-refractivity contribution in [3.05, 3.63) is 0 Å². The first-order valence-electron chi connectivity index (χ1n) is 6.99. The van der Waals surface area contributed by atoms with Gasteiger partial charge in [-0.05, 0) is 12.8 Å². The summed E-state index contributed by atoms with van der Waals surface area (Å²) in [5, 5.41) is 8.47. The Labute approximate surface area is 116 Å². The average Bonchev–Trinajstić information content (AvgIpc) is 2.25. The van der Waals surface area contributed by atoms with E-state index < -0.39 is 5.97 Å². The molecule has 0 aromatic rings. The third kappa shape index (κ3) is 14.8. The molecule has 0 heterocycles. The first-order chi connectivity index (χ1) is 8.81. The van der Waals surface area contributed by atoms with E-state index in [0.717, 1.165) is 43.1 Å². The molecule has 0 aromatic carbocycles. The molecule has 0 saturated carbocycles. The zero-order chi connectivity index (χ0) is 14.7. The van der Waals surface area contributed by atoms with E-state index in [-0.39, 0.29) is 12.4 Å². The molecule has 0 fully saturated rings. The van der Waals surface area contributed by atoms with Gasteiger partial charge in [0, 0.05) is 12.8 Å². The molecule has 0 saturated heterocycles. The molecule has 0 spiro atoms. The molecule has 112 valence electrons. The lowest BCUT2D eigenvalue weighted by Crippen LogP contribution is -2.37. The molecule has 0 radical (unpaired) electrons. The molecular weight excluding hydrogens is 246 g/mol. The summed E-state index contributed by atoms with van der Waals surface area (Å²) in [6, 6.07) is 0. The number of aliphatic carboxylic acids is 1. The predicted octanol–water partition coefficient (Wildman–Crippen LogP) is 2.05. The maximum atomic E-state index is 11.4. The summed E-state index contributed by atoms with van der Waals surface area (Å²) < 4.78 is 5.93. The fourth-order valence-corrected chi connectivity index (χ4v) is 1.58. The van der Waals surface area contributed by atoms with Crippen LogP contribution < -0.4 is 0 Å². The number of hydrogen-bond acceptors (Lipinski definition) is 3. The highest BCUT2D eigenvalue weighted by Crippen LogP contribution is 2.07. The van der Waals surface area contributed by atoms with Crippen LogP contribution in [-0.2, 0) is 14.3 Å². The molecule has 0 atom stereocenters. The van der Waals surface area contributed by atoms with Crippen LogP contribution in [0.25, 0.3) is 0 Å². The van der Waals surface area contributed by atoms with Crippen molar-refractivity contribution >= 4 is 11.9 Å². The predicted molar refractivity (Wildman–Crippen MR) is 73.8 cm³/mol. The number of carboxylic acids is 1. The van der Waals surface area contributed by atoms with E-state index in [4.69, 9.17) is 9.84 Å². The van der Waals surface area contributed by atoms with E-state index in [1.165, 1.54) is 0 Å². The molecule has 0 aliphatic carbocycles. The number of nitrogens with zero attached hydrogens (tertiary/aromatic N) is 1. The number of rotatable bonds is 11. The summed E-state index contributed by atoms with van der Waals surface area (Å²) in [5.74, 6) is -0.861. The van der Waals surface area contributed by atoms with Gasteiger partial charge in [-0.2, -0.15) is 0 Å². The van der Waals surface area contributed by atoms with Gasteiger partial charge in [0.1, 0.15) is 13.2 Å². The first-order valence-corrected chi connectivity index (χ1v) is 6.99. The number of unbranched alkanes of at least 4 members (excludes halogenated alkanes) is 4. The van der Waals surface area contributed by atoms with Crippen LogP contribution in [0, 0.1) is 0 Å². The third-order valence-corrected chi connectivity index (χ3v) is 2.80. The van der Waals surface area contributed by atoms with Crippen molar-refractivity contribution in [3.63, 3.8) is 0 Å². The normalized spacial score (nSPS) is 11.3. The zero-order valence-corrected chi connectivity index (χ0v) is 12.5. The number of hydrogen-bond donors (Lipinski definition) is 1. The maximum Gasteiger partial charge on any atom is 0.305 e. The van der Waals surface area contributed by atoms with Gasteiger partial charge < -0.3 is 14.3 Å². The molecule has 1 N–H and O–H groups in total. The van der Waals surface area contributed by atoms with Crippen LogP contribution in [0.5, 0.6) is 0 Å². The molecule has 0 bridgehead atoms. The van der Waals surface area contributed by atoms with Crippen molar-refractivity contribution in [1.29, 1.82) is 0 Å². The second-order valence-corrected chi connectivity index (χ2v) is 5.90. The summed E-state index contributed by atoms with van der Waals surface area (Å²) in [6.07, 6.45) is 5.13. The van der Waals surface area contributed by atoms with Crippen LogP contribution >= 0.6 is 0 Å². The molecule has 0 amide bonds. The molecule has 0 aliphatic heterocycles. The maximum absolute atomic E-state index is 11.4. The Hall–Kier alpha value is -1.10. The fraction of sp³-hybridized carbons (Fsp3) is 0.857. The van der Waals surface area contributed by atoms with Crippen LogP contribution in [0.3, 0.4) is 0 Å². The fourth-order valence-electron chi connectivity index (χ4n) is 1.58. The zero-order valence-electron chi connectivity index (χ0n) is 12.5. The summed E-state index contributed by atoms with van der Waals surface area (Å²) >= 11 is 0. The molecule has 0 aromatic heterocycles. The van der Waals surface area contributed by atoms with Gasteiger partial charge >= 0.3 is 11.9 Å². The number of quaternary nitrogens is 1. The SMILES string of the molecule is C[N+](C)(C)CCOC(=O)CCCCCCCC(=O)O. The lowest BCUT2D eigenvalue weighted by Gasteiger charge is -2.23. The summed E-state index contributed by atoms with van der Waals surface area (Å²) in [5.41, 5.74) is 0. The van der Waals surface area contributed by atoms with Crippen LogP contribution in [-0.4, -0.2) is 55.8 Å². The van der Waals surface area contributed by atoms with E-state index in [0.29, 0.717) is 13.0 Å². The molecule has 0 unspecified atom stereocenters. The highest BCUT2D eigenvalue weighted by atomic mass is 16.5. The number of esters is 1. The van der Waals surface area contributed by atoms with Crippen molar-refractivity contribution in [2.75, 3.05) is 34.3 Å². The minimum absolute atomic E-state index is 0.126. The highest BCUT2D eigenvalue weighted by molar-refractivity contribution is 5.69. The molecule has 19 heavy (non-hydrogen) atoms. The van der Waals surface area contributed by atoms with Crippen molar-refractivity contribution in [1.82, 2.24) is 0 Å². The summed E-state index contributed by atoms with van der Waals surface area (Å²) in [7, 11) is 6.18. The van der Waals surface area contributed by atoms with Crippen molar-refractivity contribution in [2.45, 2.75) is 44.9 Å². The minimum atomic E-state index is -0.735. The molecule has 0 aliphatic rings. The van der Waals surface area contributed by atoms with Crippen LogP contribution in [0.4, 0.5) is 0 Å². The number of carbonyl (C=O) groups excluding carboxylic acids is 1. The summed E-state index contributed by atoms with van der Waals surface area (Å²) in [4.78, 5) is 21.7. The number of likely N-dealkylation sites (N-methyl/N-ethyl adjacent to an activating group) is 1. The van der Waals surface area contributed by atoms with E-state index in [1.807, 2.05) is 0 Å². The Bertz CT molecular complexity index is 271. The first kappa shape index (κ1) is 17.9. The van der Waals surface area contributed by atoms with Gasteiger partial charge in [0.25, 0.3) is 0 Å². The topological polar surface area (TPSA) is 63.6 Å². The van der Waals surface area contributed by atoms with Crippen LogP contribution in [0.2, 0.25) is 0 Å². The third-order valence-electron chi connectivity index (χ3n) is 2.80. The van der Waals surface area contributed by atoms with Gasteiger partial charge in [-0.3, -0.25) is 9.59 Å². The van der Waals surface area contributed by atoms with Crippen molar-refractivity contribution in [3.8, 4) is 0 Å². The quantitative estimate of drug-likeness (QED) is 0.356. The summed E-state index contributed by atoms with van der Waals surface area (Å²) in [6.45, 7) is 1.29. The second-order valence-electron chi connectivity index (χ2n) is 5.90. The largest absolute Gasteiger partial charge is 0.481 e. The van der Waals surface area contributed by atoms with Gasteiger partial charge in [-0.25, -0.2) is 0 Å². The van der Waals surface area contributed by atoms with Gasteiger partial charge in [0.15, 0.2) is 0 Å². The Morgan fingerprint density at radius 1 is 0.947 bits per heavy atom. The van der Waals surface area contributed by atoms with E-state index in [9.17, 15) is 9.59 Å². The smallest absolute Gasteiger partial charge is 0.305 e. The highest BCUT2D eigenvalue weighted by Gasteiger charge is 2.09. The molecule has 5 nitrogen and oxygen atoms in total. The number of carboxylic acid groups (broad SMARTS) is 1. The van der Waals surface area contributed by atoms with Gasteiger partial charge in [-0.15, -0.1) is 0 Å². The van der Waals surface area contributed by atoms with E-state index in [1.54, 1.807) is 0 Å². The van der Waals surface area contributed by atoms with Crippen LogP contribution in [0.15, 0.2) is 0 Å². The lowest BCUT2D eigenvalue weighted by atomic mass is 10.1. The second kappa shape index (κ2) is 9.78. The number of ether oxygens (including phenoxy) is 1. The molecular formula is C14H28NO4+. The van der Waals surface area contributed by atoms with Crippen molar-refractivity contribution < 1.29 is 23.9 Å². The standard InChI is InChI=1S/C14H27NO4/c1-15(2,3)11-12-19-14(18)10-8-6-4-5-7-9-13(16)17/h4-12H2,1-3H3/p+1. The Morgan fingerprint density at radius 3 is 2.00 bits per heavy atom. The number of carbonyl (C=O) groups is 2. The monoisotopic (exact) mass is 274 g/mol. The average molecular weight is 274 g/mol. The van der Waals surface area contributed by atoms with Crippen LogP contribution in [0.1, 0.15) is 44.9 Å². The minimum Gasteiger partial charge on any atom is -0.481 e. The Balaban J connectivity index is 3.32. The van der Waals surface area contributed by atoms with Gasteiger partial charge in [0.05, 0.1) is 21.1 Å². The lowest BCUT2D eigenvalue weighted by molar-refractivity contribution is -0.870. The Morgan fingerprint density at radius 2 is 1.47 bits per heavy atom. The molecule has 0 rings (SSSR count). The molecule has 5 heteroatoms. The van der Waals surface area contributed by atoms with Crippen molar-refractivity contribution in [2.24, 2.45) is 0 Å². The van der Waals surface area contributed by atoms with E-state index in [2.05, 4.69) is 21.1 Å². The van der Waals surface area contributed by atoms with Gasteiger partial charge in [-0.1, -0.05) is 19.3 Å².